The van der Waals surface area contributed by atoms with Gasteiger partial charge in [0.2, 0.25) is 0 Å². The van der Waals surface area contributed by atoms with E-state index in [1.54, 1.807) is 28.2 Å². The average Bonchev–Trinajstić information content (AvgIpc) is 3.48. The first-order valence-electron chi connectivity index (χ1n) is 10.3. The van der Waals surface area contributed by atoms with Crippen molar-refractivity contribution in [2.75, 3.05) is 18.4 Å². The number of aromatic nitrogens is 3. The second-order valence-electron chi connectivity index (χ2n) is 7.67. The predicted octanol–water partition coefficient (Wildman–Crippen LogP) is 5.19. The molecule has 1 saturated heterocycles. The molecule has 0 radical (unpaired) electrons. The monoisotopic (exact) mass is 495 g/mol. The fourth-order valence-corrected chi connectivity index (χ4v) is 5.33. The Labute approximate surface area is 193 Å². The molecule has 158 valence electrons. The van der Waals surface area contributed by atoms with E-state index in [1.165, 1.54) is 4.88 Å². The molecule has 0 unspecified atom stereocenters. The van der Waals surface area contributed by atoms with Crippen molar-refractivity contribution in [3.63, 3.8) is 0 Å². The molecule has 0 bridgehead atoms. The lowest BCUT2D eigenvalue weighted by Gasteiger charge is -2.32. The molecular weight excluding hydrogens is 474 g/mol. The molecule has 0 saturated carbocycles. The molecule has 1 aliphatic rings. The van der Waals surface area contributed by atoms with Crippen molar-refractivity contribution in [3.8, 4) is 0 Å². The largest absolute Gasteiger partial charge is 0.365 e. The quantitative estimate of drug-likeness (QED) is 0.414. The Hall–Kier alpha value is -2.71. The summed E-state index contributed by atoms with van der Waals surface area (Å²) in [6.45, 7) is 2.10. The highest BCUT2D eigenvalue weighted by Gasteiger charge is 2.28. The van der Waals surface area contributed by atoms with Crippen LogP contribution in [0.3, 0.4) is 0 Å². The Morgan fingerprint density at radius 2 is 1.94 bits per heavy atom. The molecule has 1 N–H and O–H groups in total. The third-order valence-electron chi connectivity index (χ3n) is 5.74. The lowest BCUT2D eigenvalue weighted by Crippen LogP contribution is -2.38. The SMILES string of the molecule is O=C(c1cnc2c(Br)cnn2c1NCc1ccccc1)N1CCC(c2cccs2)CC1. The molecule has 4 aromatic rings. The van der Waals surface area contributed by atoms with Gasteiger partial charge in [-0.1, -0.05) is 36.4 Å². The van der Waals surface area contributed by atoms with E-state index in [0.29, 0.717) is 29.5 Å². The fraction of sp³-hybridized carbons (Fsp3) is 0.261. The van der Waals surface area contributed by atoms with Gasteiger partial charge < -0.3 is 10.2 Å². The summed E-state index contributed by atoms with van der Waals surface area (Å²) in [5, 5.41) is 10.00. The number of hydrogen-bond donors (Lipinski definition) is 1. The standard InChI is InChI=1S/C23H22BrN5OS/c24-19-15-27-29-21(25-13-16-5-2-1-3-6-16)18(14-26-22(19)29)23(30)28-10-8-17(9-11-28)20-7-4-12-31-20/h1-7,12,14-15,17,25H,8-11,13H2. The molecule has 4 heterocycles. The highest BCUT2D eigenvalue weighted by Crippen LogP contribution is 2.32. The van der Waals surface area contributed by atoms with E-state index in [2.05, 4.69) is 61.0 Å². The van der Waals surface area contributed by atoms with Crippen molar-refractivity contribution in [2.24, 2.45) is 0 Å². The number of fused-ring (bicyclic) bond motifs is 1. The second-order valence-corrected chi connectivity index (χ2v) is 9.50. The average molecular weight is 496 g/mol. The molecule has 3 aromatic heterocycles. The number of carbonyl (C=O) groups excluding carboxylic acids is 1. The van der Waals surface area contributed by atoms with E-state index in [0.717, 1.165) is 36.0 Å². The number of anilines is 1. The Balaban J connectivity index is 1.40. The van der Waals surface area contributed by atoms with Crippen LogP contribution in [-0.4, -0.2) is 38.5 Å². The minimum atomic E-state index is 0.00112. The number of halogens is 1. The fourth-order valence-electron chi connectivity index (χ4n) is 4.07. The van der Waals surface area contributed by atoms with Gasteiger partial charge in [0, 0.05) is 30.7 Å². The van der Waals surface area contributed by atoms with Crippen LogP contribution in [0.1, 0.15) is 39.6 Å². The van der Waals surface area contributed by atoms with Crippen LogP contribution in [-0.2, 0) is 6.54 Å². The smallest absolute Gasteiger partial charge is 0.259 e. The molecule has 0 aliphatic carbocycles. The van der Waals surface area contributed by atoms with Crippen LogP contribution in [0.5, 0.6) is 0 Å². The summed E-state index contributed by atoms with van der Waals surface area (Å²) >= 11 is 5.30. The number of benzene rings is 1. The molecule has 31 heavy (non-hydrogen) atoms. The van der Waals surface area contributed by atoms with Crippen molar-refractivity contribution in [1.29, 1.82) is 0 Å². The zero-order valence-electron chi connectivity index (χ0n) is 16.9. The minimum absolute atomic E-state index is 0.00112. The van der Waals surface area contributed by atoms with E-state index >= 15 is 0 Å². The summed E-state index contributed by atoms with van der Waals surface area (Å²) in [4.78, 5) is 21.3. The number of piperidine rings is 1. The molecule has 1 aromatic carbocycles. The van der Waals surface area contributed by atoms with Gasteiger partial charge in [-0.05, 0) is 51.7 Å². The molecule has 0 atom stereocenters. The van der Waals surface area contributed by atoms with Crippen LogP contribution in [0.4, 0.5) is 5.82 Å². The van der Waals surface area contributed by atoms with Crippen LogP contribution >= 0.6 is 27.3 Å². The molecule has 6 nitrogen and oxygen atoms in total. The van der Waals surface area contributed by atoms with Crippen molar-refractivity contribution in [1.82, 2.24) is 19.5 Å². The Bertz CT molecular complexity index is 1180. The third-order valence-corrected chi connectivity index (χ3v) is 7.34. The summed E-state index contributed by atoms with van der Waals surface area (Å²) in [6.07, 6.45) is 5.35. The lowest BCUT2D eigenvalue weighted by molar-refractivity contribution is 0.0713. The van der Waals surface area contributed by atoms with E-state index in [9.17, 15) is 4.79 Å². The van der Waals surface area contributed by atoms with Crippen molar-refractivity contribution < 1.29 is 4.79 Å². The summed E-state index contributed by atoms with van der Waals surface area (Å²) in [5.74, 6) is 1.22. The third kappa shape index (κ3) is 4.09. The Morgan fingerprint density at radius 1 is 1.13 bits per heavy atom. The van der Waals surface area contributed by atoms with Gasteiger partial charge in [0.05, 0.1) is 10.7 Å². The Kier molecular flexibility index (Phi) is 5.74. The first-order valence-corrected chi connectivity index (χ1v) is 12.0. The number of thiophene rings is 1. The van der Waals surface area contributed by atoms with Crippen molar-refractivity contribution >= 4 is 44.6 Å². The maximum Gasteiger partial charge on any atom is 0.259 e. The van der Waals surface area contributed by atoms with Gasteiger partial charge in [-0.25, -0.2) is 4.98 Å². The maximum atomic E-state index is 13.5. The van der Waals surface area contributed by atoms with Crippen molar-refractivity contribution in [2.45, 2.75) is 25.3 Å². The first-order chi connectivity index (χ1) is 15.2. The summed E-state index contributed by atoms with van der Waals surface area (Å²) in [6, 6.07) is 14.4. The first kappa shape index (κ1) is 20.2. The van der Waals surface area contributed by atoms with E-state index in [4.69, 9.17) is 0 Å². The molecule has 1 aliphatic heterocycles. The molecule has 1 amide bonds. The summed E-state index contributed by atoms with van der Waals surface area (Å²) in [5.41, 5.74) is 2.37. The molecule has 8 heteroatoms. The van der Waals surface area contributed by atoms with Crippen LogP contribution in [0.25, 0.3) is 5.65 Å². The van der Waals surface area contributed by atoms with Crippen LogP contribution < -0.4 is 5.32 Å². The molecular formula is C23H22BrN5OS. The topological polar surface area (TPSA) is 62.5 Å². The number of hydrogen-bond acceptors (Lipinski definition) is 5. The number of rotatable bonds is 5. The van der Waals surface area contributed by atoms with Gasteiger partial charge in [-0.3, -0.25) is 4.79 Å². The number of likely N-dealkylation sites (tertiary alicyclic amines) is 1. The van der Waals surface area contributed by atoms with Crippen LogP contribution in [0, 0.1) is 0 Å². The highest BCUT2D eigenvalue weighted by molar-refractivity contribution is 9.10. The number of nitrogens with one attached hydrogen (secondary N) is 1. The van der Waals surface area contributed by atoms with Crippen LogP contribution in [0.2, 0.25) is 0 Å². The van der Waals surface area contributed by atoms with Gasteiger partial charge in [0.15, 0.2) is 5.65 Å². The predicted molar refractivity (Wildman–Crippen MR) is 127 cm³/mol. The number of nitrogens with zero attached hydrogens (tertiary/aromatic N) is 4. The Morgan fingerprint density at radius 3 is 2.68 bits per heavy atom. The summed E-state index contributed by atoms with van der Waals surface area (Å²) in [7, 11) is 0. The summed E-state index contributed by atoms with van der Waals surface area (Å²) < 4.78 is 2.50. The van der Waals surface area contributed by atoms with E-state index in [-0.39, 0.29) is 5.91 Å². The highest BCUT2D eigenvalue weighted by atomic mass is 79.9. The van der Waals surface area contributed by atoms with Gasteiger partial charge >= 0.3 is 0 Å². The van der Waals surface area contributed by atoms with Gasteiger partial charge in [-0.15, -0.1) is 11.3 Å². The van der Waals surface area contributed by atoms with Gasteiger partial charge in [0.1, 0.15) is 11.4 Å². The lowest BCUT2D eigenvalue weighted by atomic mass is 9.95. The molecule has 0 spiro atoms. The minimum Gasteiger partial charge on any atom is -0.365 e. The van der Waals surface area contributed by atoms with E-state index < -0.39 is 0 Å². The number of amides is 1. The van der Waals surface area contributed by atoms with E-state index in [1.807, 2.05) is 23.1 Å². The second kappa shape index (κ2) is 8.80. The zero-order chi connectivity index (χ0) is 21.2. The van der Waals surface area contributed by atoms with Gasteiger partial charge in [0.25, 0.3) is 5.91 Å². The van der Waals surface area contributed by atoms with Crippen LogP contribution in [0.15, 0.2) is 64.7 Å². The molecule has 1 fully saturated rings. The van der Waals surface area contributed by atoms with Gasteiger partial charge in [-0.2, -0.15) is 9.61 Å². The maximum absolute atomic E-state index is 13.5. The number of carbonyl (C=O) groups is 1. The molecule has 5 rings (SSSR count). The van der Waals surface area contributed by atoms with Crippen molar-refractivity contribution in [3.05, 3.63) is 80.7 Å². The normalized spacial score (nSPS) is 14.8. The zero-order valence-corrected chi connectivity index (χ0v) is 19.3.